The zero-order chi connectivity index (χ0) is 19.6. The van der Waals surface area contributed by atoms with Crippen molar-refractivity contribution in [1.29, 1.82) is 0 Å². The summed E-state index contributed by atoms with van der Waals surface area (Å²) in [5.41, 5.74) is 1.13. The molecule has 0 bridgehead atoms. The topological polar surface area (TPSA) is 107 Å². The Labute approximate surface area is 160 Å². The molecule has 0 spiro atoms. The van der Waals surface area contributed by atoms with Gasteiger partial charge in [-0.05, 0) is 23.8 Å². The summed E-state index contributed by atoms with van der Waals surface area (Å²) in [7, 11) is -4.07. The number of rotatable bonds is 6. The monoisotopic (exact) mass is 410 g/mol. The predicted octanol–water partition coefficient (Wildman–Crippen LogP) is 2.49. The number of sulfonamides is 1. The summed E-state index contributed by atoms with van der Waals surface area (Å²) in [6.07, 6.45) is 1.42. The number of nitrogens with one attached hydrogen (secondary N) is 1. The molecule has 7 nitrogen and oxygen atoms in total. The molecule has 10 heteroatoms. The van der Waals surface area contributed by atoms with Crippen LogP contribution in [-0.2, 0) is 27.8 Å². The zero-order valence-corrected chi connectivity index (χ0v) is 15.6. The van der Waals surface area contributed by atoms with Gasteiger partial charge in [-0.1, -0.05) is 29.8 Å². The summed E-state index contributed by atoms with van der Waals surface area (Å²) in [5, 5.41) is 12.7. The number of halogens is 2. The largest absolute Gasteiger partial charge is 0.326 e. The molecule has 0 unspecified atom stereocenters. The van der Waals surface area contributed by atoms with Gasteiger partial charge in [-0.15, -0.1) is 0 Å². The maximum atomic E-state index is 12.6. The molecule has 2 aromatic carbocycles. The van der Waals surface area contributed by atoms with Crippen LogP contribution in [0.4, 0.5) is 10.1 Å². The predicted molar refractivity (Wildman–Crippen MR) is 101 cm³/mol. The first-order valence-corrected chi connectivity index (χ1v) is 9.83. The molecule has 1 aromatic heterocycles. The zero-order valence-electron chi connectivity index (χ0n) is 14.0. The Balaban J connectivity index is 1.94. The normalized spacial score (nSPS) is 11.7. The lowest BCUT2D eigenvalue weighted by Crippen LogP contribution is -2.16. The second-order valence-electron chi connectivity index (χ2n) is 5.85. The lowest BCUT2D eigenvalue weighted by molar-refractivity contribution is -0.115. The fourth-order valence-electron chi connectivity index (χ4n) is 2.67. The van der Waals surface area contributed by atoms with Gasteiger partial charge in [0, 0.05) is 22.3 Å². The summed E-state index contributed by atoms with van der Waals surface area (Å²) < 4.78 is 37.7. The number of alkyl halides is 1. The van der Waals surface area contributed by atoms with Crippen molar-refractivity contribution in [2.45, 2.75) is 17.9 Å². The molecule has 0 fully saturated rings. The third-order valence-corrected chi connectivity index (χ3v) is 5.17. The van der Waals surface area contributed by atoms with Gasteiger partial charge in [-0.2, -0.15) is 5.10 Å². The number of benzene rings is 2. The molecule has 0 aliphatic carbocycles. The van der Waals surface area contributed by atoms with Crippen LogP contribution < -0.4 is 10.5 Å². The molecule has 0 saturated heterocycles. The van der Waals surface area contributed by atoms with Gasteiger partial charge in [0.1, 0.15) is 6.67 Å². The van der Waals surface area contributed by atoms with E-state index < -0.39 is 16.7 Å². The van der Waals surface area contributed by atoms with Crippen LogP contribution in [0.2, 0.25) is 5.02 Å². The minimum Gasteiger partial charge on any atom is -0.326 e. The highest BCUT2D eigenvalue weighted by Gasteiger charge is 2.18. The van der Waals surface area contributed by atoms with Crippen molar-refractivity contribution in [3.63, 3.8) is 0 Å². The molecule has 142 valence electrons. The highest BCUT2D eigenvalue weighted by molar-refractivity contribution is 7.89. The molecule has 3 aromatic rings. The van der Waals surface area contributed by atoms with E-state index in [0.29, 0.717) is 10.6 Å². The van der Waals surface area contributed by atoms with Gasteiger partial charge in [0.2, 0.25) is 15.9 Å². The molecule has 27 heavy (non-hydrogen) atoms. The summed E-state index contributed by atoms with van der Waals surface area (Å²) in [5.74, 6) is -0.383. The average Bonchev–Trinajstić information content (AvgIpc) is 2.98. The Morgan fingerprint density at radius 1 is 1.30 bits per heavy atom. The Morgan fingerprint density at radius 3 is 2.70 bits per heavy atom. The standard InChI is InChI=1S/C17H16ClFN4O3S/c18-14-4-2-1-3-11(14)7-17(24)21-12-8-15-13(10-23(22-15)6-5-19)16(9-12)27(20,25)26/h1-4,8-10H,5-7H2,(H,21,24)(H2,20,25,26). The van der Waals surface area contributed by atoms with Crippen LogP contribution in [0.1, 0.15) is 5.56 Å². The van der Waals surface area contributed by atoms with Gasteiger partial charge in [0.15, 0.2) is 0 Å². The minimum atomic E-state index is -4.07. The van der Waals surface area contributed by atoms with Crippen LogP contribution in [0.3, 0.4) is 0 Å². The molecule has 0 radical (unpaired) electrons. The van der Waals surface area contributed by atoms with E-state index in [9.17, 15) is 17.6 Å². The van der Waals surface area contributed by atoms with E-state index in [0.717, 1.165) is 0 Å². The molecule has 1 heterocycles. The average molecular weight is 411 g/mol. The van der Waals surface area contributed by atoms with E-state index >= 15 is 0 Å². The summed E-state index contributed by atoms with van der Waals surface area (Å²) in [4.78, 5) is 12.1. The van der Waals surface area contributed by atoms with E-state index in [1.165, 1.54) is 23.0 Å². The van der Waals surface area contributed by atoms with Crippen molar-refractivity contribution in [3.05, 3.63) is 53.2 Å². The Bertz CT molecular complexity index is 1110. The van der Waals surface area contributed by atoms with Crippen LogP contribution in [0.15, 0.2) is 47.5 Å². The quantitative estimate of drug-likeness (QED) is 0.650. The van der Waals surface area contributed by atoms with E-state index in [4.69, 9.17) is 16.7 Å². The molecule has 3 N–H and O–H groups in total. The first-order valence-electron chi connectivity index (χ1n) is 7.91. The molecule has 0 aliphatic rings. The molecule has 0 aliphatic heterocycles. The second kappa shape index (κ2) is 7.63. The second-order valence-corrected chi connectivity index (χ2v) is 7.79. The van der Waals surface area contributed by atoms with E-state index in [1.807, 2.05) is 0 Å². The number of hydrogen-bond acceptors (Lipinski definition) is 4. The SMILES string of the molecule is NS(=O)(=O)c1cc(NC(=O)Cc2ccccc2Cl)cc2nn(CCF)cc12. The first kappa shape index (κ1) is 19.3. The number of aryl methyl sites for hydroxylation is 1. The van der Waals surface area contributed by atoms with Crippen molar-refractivity contribution < 1.29 is 17.6 Å². The van der Waals surface area contributed by atoms with Crippen molar-refractivity contribution in [1.82, 2.24) is 9.78 Å². The lowest BCUT2D eigenvalue weighted by atomic mass is 10.1. The van der Waals surface area contributed by atoms with Crippen molar-refractivity contribution in [2.24, 2.45) is 5.14 Å². The molecule has 0 saturated carbocycles. The smallest absolute Gasteiger partial charge is 0.238 e. The number of primary sulfonamides is 1. The number of hydrogen-bond donors (Lipinski definition) is 2. The lowest BCUT2D eigenvalue weighted by Gasteiger charge is -2.08. The maximum absolute atomic E-state index is 12.6. The number of carbonyl (C=O) groups excluding carboxylic acids is 1. The highest BCUT2D eigenvalue weighted by Crippen LogP contribution is 2.26. The molecule has 1 amide bonds. The van der Waals surface area contributed by atoms with Gasteiger partial charge < -0.3 is 5.32 Å². The van der Waals surface area contributed by atoms with Crippen molar-refractivity contribution in [3.8, 4) is 0 Å². The summed E-state index contributed by atoms with van der Waals surface area (Å²) in [6, 6.07) is 9.67. The number of nitrogens with zero attached hydrogens (tertiary/aromatic N) is 2. The van der Waals surface area contributed by atoms with Gasteiger partial charge in [-0.3, -0.25) is 9.48 Å². The molecular weight excluding hydrogens is 395 g/mol. The molecule has 3 rings (SSSR count). The number of nitrogens with two attached hydrogens (primary N) is 1. The van der Waals surface area contributed by atoms with Crippen LogP contribution in [-0.4, -0.2) is 30.8 Å². The van der Waals surface area contributed by atoms with Gasteiger partial charge in [-0.25, -0.2) is 17.9 Å². The summed E-state index contributed by atoms with van der Waals surface area (Å²) >= 11 is 6.05. The van der Waals surface area contributed by atoms with Crippen LogP contribution in [0.5, 0.6) is 0 Å². The highest BCUT2D eigenvalue weighted by atomic mass is 35.5. The van der Waals surface area contributed by atoms with Crippen molar-refractivity contribution >= 4 is 44.1 Å². The van der Waals surface area contributed by atoms with Crippen LogP contribution >= 0.6 is 11.6 Å². The Hall–Kier alpha value is -2.49. The minimum absolute atomic E-state index is 0.0126. The third kappa shape index (κ3) is 4.44. The number of anilines is 1. The fourth-order valence-corrected chi connectivity index (χ4v) is 3.63. The van der Waals surface area contributed by atoms with Crippen molar-refractivity contribution in [2.75, 3.05) is 12.0 Å². The molecular formula is C17H16ClFN4O3S. The summed E-state index contributed by atoms with van der Waals surface area (Å²) in [6.45, 7) is -0.674. The number of amides is 1. The number of aromatic nitrogens is 2. The fraction of sp³-hybridized carbons (Fsp3) is 0.176. The number of carbonyl (C=O) groups is 1. The van der Waals surface area contributed by atoms with Crippen LogP contribution in [0, 0.1) is 0 Å². The van der Waals surface area contributed by atoms with Gasteiger partial charge in [0.05, 0.1) is 23.4 Å². The van der Waals surface area contributed by atoms with E-state index in [2.05, 4.69) is 10.4 Å². The van der Waals surface area contributed by atoms with Crippen LogP contribution in [0.25, 0.3) is 10.9 Å². The Kier molecular flexibility index (Phi) is 5.45. The first-order chi connectivity index (χ1) is 12.8. The number of fused-ring (bicyclic) bond motifs is 1. The maximum Gasteiger partial charge on any atom is 0.238 e. The van der Waals surface area contributed by atoms with E-state index in [-0.39, 0.29) is 40.4 Å². The Morgan fingerprint density at radius 2 is 2.04 bits per heavy atom. The molecule has 0 atom stereocenters. The third-order valence-electron chi connectivity index (χ3n) is 3.85. The van der Waals surface area contributed by atoms with E-state index in [1.54, 1.807) is 24.3 Å². The van der Waals surface area contributed by atoms with Gasteiger partial charge in [0.25, 0.3) is 0 Å². The van der Waals surface area contributed by atoms with Gasteiger partial charge >= 0.3 is 0 Å².